The van der Waals surface area contributed by atoms with E-state index in [4.69, 9.17) is 0 Å². The van der Waals surface area contributed by atoms with Gasteiger partial charge in [-0.25, -0.2) is 4.39 Å². The summed E-state index contributed by atoms with van der Waals surface area (Å²) in [6, 6.07) is 0. The van der Waals surface area contributed by atoms with Gasteiger partial charge in [-0.05, 0) is 6.92 Å². The summed E-state index contributed by atoms with van der Waals surface area (Å²) < 4.78 is 32.4. The van der Waals surface area contributed by atoms with E-state index in [2.05, 4.69) is 0 Å². The lowest BCUT2D eigenvalue weighted by Gasteiger charge is -1.90. The van der Waals surface area contributed by atoms with E-state index in [1.54, 1.807) is 0 Å². The summed E-state index contributed by atoms with van der Waals surface area (Å²) in [5, 5.41) is 0. The normalized spacial score (nSPS) is 15.5. The van der Waals surface area contributed by atoms with Crippen LogP contribution in [-0.4, -0.2) is 6.17 Å². The van der Waals surface area contributed by atoms with Crippen molar-refractivity contribution in [1.82, 2.24) is 0 Å². The van der Waals surface area contributed by atoms with Crippen LogP contribution >= 0.6 is 0 Å². The molecular weight excluding hydrogens is 93.0 g/mol. The molecule has 0 fully saturated rings. The van der Waals surface area contributed by atoms with Crippen LogP contribution in [-0.2, 0) is 0 Å². The van der Waals surface area contributed by atoms with Crippen molar-refractivity contribution in [2.45, 2.75) is 13.1 Å². The minimum Gasteiger partial charge on any atom is -0.241 e. The Labute approximate surface area is 34.0 Å². The molecule has 0 spiro atoms. The van der Waals surface area contributed by atoms with Gasteiger partial charge in [-0.3, -0.25) is 0 Å². The molecule has 3 heteroatoms. The average Bonchev–Trinajstić information content (AvgIpc) is 1.36. The first-order valence-electron chi connectivity index (χ1n) is 1.46. The molecule has 0 aliphatic heterocycles. The minimum atomic E-state index is -2.16. The van der Waals surface area contributed by atoms with Gasteiger partial charge in [0.1, 0.15) is 0 Å². The lowest BCUT2D eigenvalue weighted by atomic mass is 10.5. The van der Waals surface area contributed by atoms with Gasteiger partial charge in [-0.1, -0.05) is 0 Å². The van der Waals surface area contributed by atoms with Crippen LogP contribution in [0.2, 0.25) is 0 Å². The Morgan fingerprint density at radius 3 is 1.67 bits per heavy atom. The quantitative estimate of drug-likeness (QED) is 0.467. The van der Waals surface area contributed by atoms with Gasteiger partial charge >= 0.3 is 6.43 Å². The smallest absolute Gasteiger partial charge is 0.241 e. The summed E-state index contributed by atoms with van der Waals surface area (Å²) in [7, 11) is 0. The molecule has 0 aromatic carbocycles. The fourth-order valence-electron chi connectivity index (χ4n) is 0. The number of alkyl halides is 1. The predicted octanol–water partition coefficient (Wildman–Crippen LogP) is 1.77. The van der Waals surface area contributed by atoms with E-state index in [-0.39, 0.29) is 0 Å². The van der Waals surface area contributed by atoms with Gasteiger partial charge in [-0.15, -0.1) is 0 Å². The van der Waals surface area contributed by atoms with Crippen molar-refractivity contribution in [1.29, 1.82) is 0 Å². The summed E-state index contributed by atoms with van der Waals surface area (Å²) in [6.07, 6.45) is -4.22. The highest BCUT2D eigenvalue weighted by molar-refractivity contribution is 4.66. The maximum atomic E-state index is 11.0. The molecule has 0 amide bonds. The third-order valence-corrected chi connectivity index (χ3v) is 0.301. The van der Waals surface area contributed by atoms with Crippen molar-refractivity contribution in [2.24, 2.45) is 0 Å². The topological polar surface area (TPSA) is 0 Å². The Hall–Kier alpha value is -0.210. The Morgan fingerprint density at radius 1 is 1.50 bits per heavy atom. The molecule has 0 aliphatic rings. The highest BCUT2D eigenvalue weighted by atomic mass is 19.3. The molecule has 37 valence electrons. The summed E-state index contributed by atoms with van der Waals surface area (Å²) in [5.74, 6) is 0. The van der Waals surface area contributed by atoms with E-state index in [1.165, 1.54) is 0 Å². The standard InChI is InChI=1S/C3H4F3/c1-2(4)3(5)6/h2H,1H3. The van der Waals surface area contributed by atoms with Crippen LogP contribution in [0, 0.1) is 6.43 Å². The molecule has 0 aliphatic carbocycles. The van der Waals surface area contributed by atoms with Crippen LogP contribution in [0.25, 0.3) is 0 Å². The Morgan fingerprint density at radius 2 is 1.67 bits per heavy atom. The number of halogens is 3. The largest absolute Gasteiger partial charge is 0.343 e. The number of hydrogen-bond donors (Lipinski definition) is 0. The highest BCUT2D eigenvalue weighted by Crippen LogP contribution is 2.10. The molecule has 0 aromatic heterocycles. The van der Waals surface area contributed by atoms with Crippen LogP contribution in [0.4, 0.5) is 13.2 Å². The van der Waals surface area contributed by atoms with E-state index in [0.717, 1.165) is 6.92 Å². The minimum absolute atomic E-state index is 0.787. The maximum Gasteiger partial charge on any atom is 0.343 e. The Balaban J connectivity index is 2.99. The van der Waals surface area contributed by atoms with Gasteiger partial charge in [0.25, 0.3) is 0 Å². The van der Waals surface area contributed by atoms with E-state index < -0.39 is 12.6 Å². The number of hydrogen-bond acceptors (Lipinski definition) is 0. The van der Waals surface area contributed by atoms with Crippen molar-refractivity contribution < 1.29 is 13.2 Å². The molecule has 0 rings (SSSR count). The second-order valence-electron chi connectivity index (χ2n) is 0.906. The molecule has 1 atom stereocenters. The van der Waals surface area contributed by atoms with E-state index in [0.29, 0.717) is 0 Å². The summed E-state index contributed by atoms with van der Waals surface area (Å²) >= 11 is 0. The fraction of sp³-hybridized carbons (Fsp3) is 0.667. The second-order valence-corrected chi connectivity index (χ2v) is 0.906. The van der Waals surface area contributed by atoms with Crippen LogP contribution in [0.3, 0.4) is 0 Å². The van der Waals surface area contributed by atoms with Gasteiger partial charge in [0.05, 0.1) is 0 Å². The van der Waals surface area contributed by atoms with Crippen molar-refractivity contribution in [2.75, 3.05) is 0 Å². The molecule has 0 nitrogen and oxygen atoms in total. The summed E-state index contributed by atoms with van der Waals surface area (Å²) in [6.45, 7) is 0.787. The first-order chi connectivity index (χ1) is 2.64. The van der Waals surface area contributed by atoms with Gasteiger partial charge < -0.3 is 0 Å². The van der Waals surface area contributed by atoms with Gasteiger partial charge in [0, 0.05) is 0 Å². The SMILES string of the molecule is CC(F)[C](F)F. The Kier molecular flexibility index (Phi) is 1.98. The molecule has 0 aromatic rings. The summed E-state index contributed by atoms with van der Waals surface area (Å²) in [5.41, 5.74) is 0. The second kappa shape index (κ2) is 2.05. The maximum absolute atomic E-state index is 11.0. The van der Waals surface area contributed by atoms with Crippen molar-refractivity contribution >= 4 is 0 Å². The molecule has 0 bridgehead atoms. The monoisotopic (exact) mass is 97.0 g/mol. The molecule has 0 saturated heterocycles. The van der Waals surface area contributed by atoms with E-state index in [1.807, 2.05) is 0 Å². The molecule has 1 unspecified atom stereocenters. The molecular formula is C3H4F3. The average molecular weight is 97.1 g/mol. The first-order valence-corrected chi connectivity index (χ1v) is 1.46. The number of rotatable bonds is 1. The van der Waals surface area contributed by atoms with E-state index >= 15 is 0 Å². The molecule has 0 heterocycles. The van der Waals surface area contributed by atoms with Gasteiger partial charge in [0.15, 0.2) is 6.17 Å². The van der Waals surface area contributed by atoms with Crippen LogP contribution < -0.4 is 0 Å². The first kappa shape index (κ1) is 5.79. The van der Waals surface area contributed by atoms with Gasteiger partial charge in [0.2, 0.25) is 0 Å². The molecule has 0 saturated carbocycles. The predicted molar refractivity (Wildman–Crippen MR) is 16.0 cm³/mol. The summed E-state index contributed by atoms with van der Waals surface area (Å²) in [4.78, 5) is 0. The zero-order valence-corrected chi connectivity index (χ0v) is 3.21. The van der Waals surface area contributed by atoms with Crippen molar-refractivity contribution in [3.8, 4) is 0 Å². The molecule has 1 radical (unpaired) electrons. The molecule has 6 heavy (non-hydrogen) atoms. The third kappa shape index (κ3) is 2.05. The van der Waals surface area contributed by atoms with Crippen molar-refractivity contribution in [3.05, 3.63) is 6.43 Å². The Bertz CT molecular complexity index is 27.0. The van der Waals surface area contributed by atoms with Crippen molar-refractivity contribution in [3.63, 3.8) is 0 Å². The fourth-order valence-corrected chi connectivity index (χ4v) is 0. The lowest BCUT2D eigenvalue weighted by Crippen LogP contribution is -1.95. The van der Waals surface area contributed by atoms with Crippen LogP contribution in [0.5, 0.6) is 0 Å². The zero-order chi connectivity index (χ0) is 5.15. The lowest BCUT2D eigenvalue weighted by molar-refractivity contribution is 0.171. The van der Waals surface area contributed by atoms with Crippen LogP contribution in [0.1, 0.15) is 6.92 Å². The van der Waals surface area contributed by atoms with Gasteiger partial charge in [-0.2, -0.15) is 8.78 Å². The highest BCUT2D eigenvalue weighted by Gasteiger charge is 2.13. The van der Waals surface area contributed by atoms with Crippen LogP contribution in [0.15, 0.2) is 0 Å². The third-order valence-electron chi connectivity index (χ3n) is 0.301. The van der Waals surface area contributed by atoms with E-state index in [9.17, 15) is 13.2 Å². The molecule has 0 N–H and O–H groups in total. The zero-order valence-electron chi connectivity index (χ0n) is 3.21.